The van der Waals surface area contributed by atoms with Crippen molar-refractivity contribution in [1.82, 2.24) is 4.98 Å². The van der Waals surface area contributed by atoms with Crippen LogP contribution in [0.3, 0.4) is 0 Å². The normalized spacial score (nSPS) is 10.7. The molecule has 3 rings (SSSR count). The molecule has 2 heterocycles. The van der Waals surface area contributed by atoms with Crippen molar-refractivity contribution < 1.29 is 18.7 Å². The topological polar surface area (TPSA) is 103 Å². The quantitative estimate of drug-likeness (QED) is 0.762. The molecule has 0 bridgehead atoms. The zero-order valence-electron chi connectivity index (χ0n) is 10.8. The third-order valence-corrected chi connectivity index (χ3v) is 2.87. The van der Waals surface area contributed by atoms with Crippen LogP contribution in [-0.4, -0.2) is 17.2 Å². The Kier molecular flexibility index (Phi) is 2.94. The van der Waals surface area contributed by atoms with Crippen LogP contribution in [0.1, 0.15) is 0 Å². The van der Waals surface area contributed by atoms with Crippen molar-refractivity contribution in [3.63, 3.8) is 0 Å². The van der Waals surface area contributed by atoms with Gasteiger partial charge in [-0.1, -0.05) is 0 Å². The van der Waals surface area contributed by atoms with Crippen molar-refractivity contribution in [2.45, 2.75) is 0 Å². The zero-order chi connectivity index (χ0) is 15.0. The first kappa shape index (κ1) is 12.9. The van der Waals surface area contributed by atoms with E-state index in [4.69, 9.17) is 9.15 Å². The maximum absolute atomic E-state index is 11.9. The molecule has 0 amide bonds. The molecule has 0 saturated carbocycles. The van der Waals surface area contributed by atoms with Crippen LogP contribution in [0, 0.1) is 0 Å². The lowest BCUT2D eigenvalue weighted by Gasteiger charge is -2.03. The summed E-state index contributed by atoms with van der Waals surface area (Å²) in [5.41, 5.74) is -1.13. The summed E-state index contributed by atoms with van der Waals surface area (Å²) in [6.07, 6.45) is 0. The lowest BCUT2D eigenvalue weighted by Crippen LogP contribution is -2.09. The first-order valence-corrected chi connectivity index (χ1v) is 5.91. The molecule has 1 N–H and O–H groups in total. The number of hydrogen-bond acceptors (Lipinski definition) is 7. The number of nitrogens with zero attached hydrogens (tertiary/aromatic N) is 1. The van der Waals surface area contributed by atoms with E-state index in [2.05, 4.69) is 9.40 Å². The maximum atomic E-state index is 11.9. The number of benzene rings is 1. The van der Waals surface area contributed by atoms with Crippen LogP contribution >= 0.6 is 0 Å². The van der Waals surface area contributed by atoms with Crippen molar-refractivity contribution in [1.29, 1.82) is 0 Å². The summed E-state index contributed by atoms with van der Waals surface area (Å²) in [4.78, 5) is 26.9. The number of methoxy groups -OCH3 is 1. The molecule has 0 spiro atoms. The van der Waals surface area contributed by atoms with Crippen molar-refractivity contribution in [3.05, 3.63) is 51.1 Å². The van der Waals surface area contributed by atoms with E-state index in [0.29, 0.717) is 11.3 Å². The van der Waals surface area contributed by atoms with Crippen LogP contribution in [0.2, 0.25) is 0 Å². The van der Waals surface area contributed by atoms with E-state index >= 15 is 0 Å². The average Bonchev–Trinajstić information content (AvgIpc) is 2.46. The summed E-state index contributed by atoms with van der Waals surface area (Å²) in [5, 5.41) is 9.21. The summed E-state index contributed by atoms with van der Waals surface area (Å²) in [6, 6.07) is 7.64. The lowest BCUT2D eigenvalue weighted by atomic mass is 10.2. The minimum Gasteiger partial charge on any atom is -0.497 e. The number of aromatic nitrogens is 1. The second-order valence-electron chi connectivity index (χ2n) is 4.16. The second kappa shape index (κ2) is 4.78. The first-order chi connectivity index (χ1) is 10.1. The van der Waals surface area contributed by atoms with E-state index in [1.807, 2.05) is 0 Å². The average molecular weight is 287 g/mol. The standard InChI is InChI=1S/C14H9NO6/c1-19-8-4-2-7(3-5-8)13-15-12(17)11-9(20-13)6-10(16)21-14(11)18/h2-6,18H,1H3. The molecule has 106 valence electrons. The molecule has 0 fully saturated rings. The van der Waals surface area contributed by atoms with Crippen LogP contribution in [0.15, 0.2) is 48.8 Å². The highest BCUT2D eigenvalue weighted by Crippen LogP contribution is 2.24. The SMILES string of the molecule is COc1ccc(-c2nc(=O)c3c(O)oc(=O)cc3o2)cc1. The minimum atomic E-state index is -0.824. The third kappa shape index (κ3) is 2.25. The molecule has 7 heteroatoms. The highest BCUT2D eigenvalue weighted by molar-refractivity contribution is 5.80. The van der Waals surface area contributed by atoms with E-state index in [1.54, 1.807) is 24.3 Å². The molecular formula is C14H9NO6. The van der Waals surface area contributed by atoms with Gasteiger partial charge in [-0.05, 0) is 24.3 Å². The number of rotatable bonds is 2. The van der Waals surface area contributed by atoms with Gasteiger partial charge in [0.1, 0.15) is 5.75 Å². The Bertz CT molecular complexity index is 923. The molecule has 0 aliphatic carbocycles. The fourth-order valence-corrected chi connectivity index (χ4v) is 1.87. The molecule has 7 nitrogen and oxygen atoms in total. The van der Waals surface area contributed by atoms with Gasteiger partial charge in [-0.15, -0.1) is 0 Å². The van der Waals surface area contributed by atoms with E-state index < -0.39 is 17.1 Å². The fourth-order valence-electron chi connectivity index (χ4n) is 1.87. The van der Waals surface area contributed by atoms with Gasteiger partial charge in [0.15, 0.2) is 11.0 Å². The van der Waals surface area contributed by atoms with Gasteiger partial charge >= 0.3 is 11.6 Å². The summed E-state index contributed by atoms with van der Waals surface area (Å²) in [6.45, 7) is 0. The van der Waals surface area contributed by atoms with Crippen LogP contribution in [0.25, 0.3) is 22.4 Å². The summed E-state index contributed by atoms with van der Waals surface area (Å²) < 4.78 is 14.9. The zero-order valence-corrected chi connectivity index (χ0v) is 10.8. The van der Waals surface area contributed by atoms with E-state index in [1.165, 1.54) is 7.11 Å². The molecule has 0 unspecified atom stereocenters. The van der Waals surface area contributed by atoms with Gasteiger partial charge in [-0.25, -0.2) is 4.79 Å². The summed E-state index contributed by atoms with van der Waals surface area (Å²) >= 11 is 0. The number of ether oxygens (including phenoxy) is 1. The van der Waals surface area contributed by atoms with Gasteiger partial charge in [0.2, 0.25) is 5.89 Å². The van der Waals surface area contributed by atoms with Crippen LogP contribution in [0.4, 0.5) is 0 Å². The van der Waals surface area contributed by atoms with Crippen molar-refractivity contribution in [2.75, 3.05) is 7.11 Å². The molecule has 2 aromatic heterocycles. The van der Waals surface area contributed by atoms with Crippen LogP contribution in [0.5, 0.6) is 11.7 Å². The second-order valence-corrected chi connectivity index (χ2v) is 4.16. The van der Waals surface area contributed by atoms with E-state index in [9.17, 15) is 14.7 Å². The van der Waals surface area contributed by atoms with E-state index in [-0.39, 0.29) is 16.9 Å². The predicted molar refractivity (Wildman–Crippen MR) is 72.5 cm³/mol. The minimum absolute atomic E-state index is 0.0279. The Hall–Kier alpha value is -3.09. The van der Waals surface area contributed by atoms with Gasteiger partial charge in [-0.3, -0.25) is 4.79 Å². The lowest BCUT2D eigenvalue weighted by molar-refractivity contribution is 0.315. The Balaban J connectivity index is 2.24. The number of hydrogen-bond donors (Lipinski definition) is 1. The molecule has 0 saturated heterocycles. The molecule has 3 aromatic rings. The summed E-state index contributed by atoms with van der Waals surface area (Å²) in [5.74, 6) is -0.139. The molecule has 0 aliphatic heterocycles. The molecule has 0 atom stereocenters. The fraction of sp³-hybridized carbons (Fsp3) is 0.0714. The van der Waals surface area contributed by atoms with E-state index in [0.717, 1.165) is 6.07 Å². The Labute approximate surface area is 117 Å². The van der Waals surface area contributed by atoms with Crippen molar-refractivity contribution >= 4 is 11.0 Å². The van der Waals surface area contributed by atoms with Crippen molar-refractivity contribution in [2.24, 2.45) is 0 Å². The van der Waals surface area contributed by atoms with Gasteiger partial charge in [-0.2, -0.15) is 4.98 Å². The monoisotopic (exact) mass is 287 g/mol. The first-order valence-electron chi connectivity index (χ1n) is 5.91. The Morgan fingerprint density at radius 2 is 1.86 bits per heavy atom. The highest BCUT2D eigenvalue weighted by Gasteiger charge is 2.14. The van der Waals surface area contributed by atoms with Gasteiger partial charge in [0.25, 0.3) is 5.56 Å². The summed E-state index contributed by atoms with van der Waals surface area (Å²) in [7, 11) is 1.53. The maximum Gasteiger partial charge on any atom is 0.342 e. The van der Waals surface area contributed by atoms with Crippen LogP contribution in [-0.2, 0) is 0 Å². The number of fused-ring (bicyclic) bond motifs is 1. The molecule has 21 heavy (non-hydrogen) atoms. The Morgan fingerprint density at radius 3 is 2.52 bits per heavy atom. The third-order valence-electron chi connectivity index (χ3n) is 2.87. The predicted octanol–water partition coefficient (Wildman–Crippen LogP) is 1.52. The largest absolute Gasteiger partial charge is 0.497 e. The molecule has 0 aliphatic rings. The van der Waals surface area contributed by atoms with Crippen molar-refractivity contribution in [3.8, 4) is 23.1 Å². The smallest absolute Gasteiger partial charge is 0.342 e. The van der Waals surface area contributed by atoms with Gasteiger partial charge in [0.05, 0.1) is 13.2 Å². The molecular weight excluding hydrogens is 278 g/mol. The van der Waals surface area contributed by atoms with Gasteiger partial charge in [0, 0.05) is 5.56 Å². The van der Waals surface area contributed by atoms with Gasteiger partial charge < -0.3 is 18.7 Å². The number of aromatic hydroxyl groups is 1. The highest BCUT2D eigenvalue weighted by atomic mass is 16.5. The molecule has 0 radical (unpaired) electrons. The Morgan fingerprint density at radius 1 is 1.14 bits per heavy atom. The molecule has 1 aromatic carbocycles. The van der Waals surface area contributed by atoms with Crippen LogP contribution < -0.4 is 15.9 Å².